The second kappa shape index (κ2) is 5.30. The largest absolute Gasteiger partial charge is 0.508 e. The molecule has 4 heteroatoms. The van der Waals surface area contributed by atoms with Crippen LogP contribution in [0.4, 0.5) is 0 Å². The molecule has 1 fully saturated rings. The highest BCUT2D eigenvalue weighted by molar-refractivity contribution is 5.28. The highest BCUT2D eigenvalue weighted by Crippen LogP contribution is 2.19. The number of rotatable bonds is 3. The van der Waals surface area contributed by atoms with Crippen molar-refractivity contribution in [2.45, 2.75) is 6.10 Å². The summed E-state index contributed by atoms with van der Waals surface area (Å²) in [6, 6.07) is 6.83. The molecule has 0 radical (unpaired) electrons. The van der Waals surface area contributed by atoms with Crippen molar-refractivity contribution in [2.24, 2.45) is 0 Å². The van der Waals surface area contributed by atoms with Gasteiger partial charge in [-0.3, -0.25) is 4.90 Å². The van der Waals surface area contributed by atoms with Gasteiger partial charge in [-0.15, -0.1) is 0 Å². The zero-order valence-electron chi connectivity index (χ0n) is 9.26. The Bertz CT molecular complexity index is 338. The summed E-state index contributed by atoms with van der Waals surface area (Å²) < 4.78 is 0. The smallest absolute Gasteiger partial charge is 0.115 e. The topological polar surface area (TPSA) is 55.7 Å². The van der Waals surface area contributed by atoms with Gasteiger partial charge in [0.1, 0.15) is 5.75 Å². The molecule has 2 rings (SSSR count). The molecule has 1 aliphatic rings. The lowest BCUT2D eigenvalue weighted by Crippen LogP contribution is -2.44. The van der Waals surface area contributed by atoms with E-state index in [1.165, 1.54) is 0 Å². The van der Waals surface area contributed by atoms with Gasteiger partial charge in [0.2, 0.25) is 0 Å². The molecule has 1 aromatic rings. The predicted octanol–water partition coefficient (Wildman–Crippen LogP) is 0.331. The Balaban J connectivity index is 1.94. The van der Waals surface area contributed by atoms with E-state index in [9.17, 15) is 10.2 Å². The van der Waals surface area contributed by atoms with Crippen LogP contribution in [0.15, 0.2) is 24.3 Å². The first kappa shape index (κ1) is 11.4. The zero-order valence-corrected chi connectivity index (χ0v) is 9.26. The van der Waals surface area contributed by atoms with E-state index < -0.39 is 6.10 Å². The number of nitrogens with one attached hydrogen (secondary N) is 1. The number of aliphatic hydroxyl groups is 1. The molecule has 0 bridgehead atoms. The van der Waals surface area contributed by atoms with Gasteiger partial charge in [-0.2, -0.15) is 0 Å². The molecule has 0 saturated carbocycles. The van der Waals surface area contributed by atoms with Gasteiger partial charge < -0.3 is 15.5 Å². The Labute approximate surface area is 95.5 Å². The SMILES string of the molecule is Oc1cccc(C(O)CN2CCNCC2)c1. The molecular formula is C12H18N2O2. The molecule has 1 atom stereocenters. The number of nitrogens with zero attached hydrogens (tertiary/aromatic N) is 1. The summed E-state index contributed by atoms with van der Waals surface area (Å²) in [6.45, 7) is 4.52. The summed E-state index contributed by atoms with van der Waals surface area (Å²) in [7, 11) is 0. The lowest BCUT2D eigenvalue weighted by molar-refractivity contribution is 0.105. The quantitative estimate of drug-likeness (QED) is 0.690. The Morgan fingerprint density at radius 2 is 2.06 bits per heavy atom. The number of aliphatic hydroxyl groups excluding tert-OH is 1. The average Bonchev–Trinajstić information content (AvgIpc) is 2.30. The summed E-state index contributed by atoms with van der Waals surface area (Å²) in [6.07, 6.45) is -0.523. The van der Waals surface area contributed by atoms with E-state index in [1.807, 2.05) is 6.07 Å². The second-order valence-electron chi connectivity index (χ2n) is 4.16. The van der Waals surface area contributed by atoms with Gasteiger partial charge in [-0.25, -0.2) is 0 Å². The first-order chi connectivity index (χ1) is 7.75. The third-order valence-electron chi connectivity index (χ3n) is 2.90. The monoisotopic (exact) mass is 222 g/mol. The molecular weight excluding hydrogens is 204 g/mol. The van der Waals surface area contributed by atoms with E-state index in [4.69, 9.17) is 0 Å². The van der Waals surface area contributed by atoms with Crippen LogP contribution in [0.3, 0.4) is 0 Å². The fourth-order valence-electron chi connectivity index (χ4n) is 1.98. The number of hydrogen-bond acceptors (Lipinski definition) is 4. The van der Waals surface area contributed by atoms with E-state index >= 15 is 0 Å². The number of piperazine rings is 1. The van der Waals surface area contributed by atoms with Crippen LogP contribution < -0.4 is 5.32 Å². The highest BCUT2D eigenvalue weighted by Gasteiger charge is 2.15. The maximum absolute atomic E-state index is 10.0. The molecule has 88 valence electrons. The number of aromatic hydroxyl groups is 1. The van der Waals surface area contributed by atoms with Gasteiger partial charge in [0, 0.05) is 32.7 Å². The molecule has 0 spiro atoms. The lowest BCUT2D eigenvalue weighted by atomic mass is 10.1. The fraction of sp³-hybridized carbons (Fsp3) is 0.500. The van der Waals surface area contributed by atoms with Crippen molar-refractivity contribution in [1.29, 1.82) is 0 Å². The van der Waals surface area contributed by atoms with Crippen LogP contribution in [0.1, 0.15) is 11.7 Å². The summed E-state index contributed by atoms with van der Waals surface area (Å²) >= 11 is 0. The second-order valence-corrected chi connectivity index (χ2v) is 4.16. The number of benzene rings is 1. The van der Waals surface area contributed by atoms with E-state index in [0.717, 1.165) is 31.7 Å². The van der Waals surface area contributed by atoms with Gasteiger partial charge in [0.05, 0.1) is 6.10 Å². The summed E-state index contributed by atoms with van der Waals surface area (Å²) in [5, 5.41) is 22.6. The maximum atomic E-state index is 10.0. The van der Waals surface area contributed by atoms with Crippen molar-refractivity contribution in [1.82, 2.24) is 10.2 Å². The summed E-state index contributed by atoms with van der Waals surface area (Å²) in [5.74, 6) is 0.205. The third-order valence-corrected chi connectivity index (χ3v) is 2.90. The lowest BCUT2D eigenvalue weighted by Gasteiger charge is -2.29. The molecule has 1 saturated heterocycles. The molecule has 1 aliphatic heterocycles. The van der Waals surface area contributed by atoms with E-state index in [0.29, 0.717) is 6.54 Å². The van der Waals surface area contributed by atoms with Crippen LogP contribution in [0.2, 0.25) is 0 Å². The molecule has 0 amide bonds. The average molecular weight is 222 g/mol. The number of phenols is 1. The van der Waals surface area contributed by atoms with Gasteiger partial charge in [0.15, 0.2) is 0 Å². The maximum Gasteiger partial charge on any atom is 0.115 e. The Hall–Kier alpha value is -1.10. The highest BCUT2D eigenvalue weighted by atomic mass is 16.3. The predicted molar refractivity (Wildman–Crippen MR) is 62.4 cm³/mol. The number of phenolic OH excluding ortho intramolecular Hbond substituents is 1. The van der Waals surface area contributed by atoms with Crippen LogP contribution in [0.5, 0.6) is 5.75 Å². The van der Waals surface area contributed by atoms with Crippen LogP contribution in [-0.2, 0) is 0 Å². The standard InChI is InChI=1S/C12H18N2O2/c15-11-3-1-2-10(8-11)12(16)9-14-6-4-13-5-7-14/h1-3,8,12-13,15-16H,4-7,9H2. The summed E-state index contributed by atoms with van der Waals surface area (Å²) in [5.41, 5.74) is 0.776. The van der Waals surface area contributed by atoms with E-state index in [1.54, 1.807) is 18.2 Å². The summed E-state index contributed by atoms with van der Waals surface area (Å²) in [4.78, 5) is 2.23. The molecule has 1 unspecified atom stereocenters. The minimum atomic E-state index is -0.523. The van der Waals surface area contributed by atoms with Gasteiger partial charge in [0.25, 0.3) is 0 Å². The van der Waals surface area contributed by atoms with Crippen LogP contribution in [0.25, 0.3) is 0 Å². The molecule has 1 aromatic carbocycles. The third kappa shape index (κ3) is 2.95. The minimum absolute atomic E-state index is 0.205. The number of hydrogen-bond donors (Lipinski definition) is 3. The molecule has 0 aromatic heterocycles. The van der Waals surface area contributed by atoms with Crippen molar-refractivity contribution in [3.63, 3.8) is 0 Å². The molecule has 16 heavy (non-hydrogen) atoms. The zero-order chi connectivity index (χ0) is 11.4. The fourth-order valence-corrected chi connectivity index (χ4v) is 1.98. The van der Waals surface area contributed by atoms with Crippen LogP contribution >= 0.6 is 0 Å². The first-order valence-corrected chi connectivity index (χ1v) is 5.66. The van der Waals surface area contributed by atoms with Gasteiger partial charge >= 0.3 is 0 Å². The van der Waals surface area contributed by atoms with Gasteiger partial charge in [-0.1, -0.05) is 12.1 Å². The van der Waals surface area contributed by atoms with Crippen molar-refractivity contribution >= 4 is 0 Å². The van der Waals surface area contributed by atoms with Gasteiger partial charge in [-0.05, 0) is 17.7 Å². The van der Waals surface area contributed by atoms with E-state index in [-0.39, 0.29) is 5.75 Å². The Morgan fingerprint density at radius 1 is 1.31 bits per heavy atom. The number of β-amino-alcohol motifs (C(OH)–C–C–N with tert-alkyl or cyclic N) is 1. The molecule has 3 N–H and O–H groups in total. The van der Waals surface area contributed by atoms with Crippen molar-refractivity contribution in [3.8, 4) is 5.75 Å². The van der Waals surface area contributed by atoms with Crippen molar-refractivity contribution < 1.29 is 10.2 Å². The minimum Gasteiger partial charge on any atom is -0.508 e. The Morgan fingerprint density at radius 3 is 2.75 bits per heavy atom. The van der Waals surface area contributed by atoms with E-state index in [2.05, 4.69) is 10.2 Å². The molecule has 1 heterocycles. The first-order valence-electron chi connectivity index (χ1n) is 5.66. The van der Waals surface area contributed by atoms with Crippen molar-refractivity contribution in [3.05, 3.63) is 29.8 Å². The molecule has 4 nitrogen and oxygen atoms in total. The van der Waals surface area contributed by atoms with Crippen molar-refractivity contribution in [2.75, 3.05) is 32.7 Å². The molecule has 0 aliphatic carbocycles. The normalized spacial score (nSPS) is 19.6. The van der Waals surface area contributed by atoms with Crippen LogP contribution in [-0.4, -0.2) is 47.8 Å². The van der Waals surface area contributed by atoms with Crippen LogP contribution in [0, 0.1) is 0 Å². The Kier molecular flexibility index (Phi) is 3.77.